The van der Waals surface area contributed by atoms with E-state index in [9.17, 15) is 14.4 Å². The first kappa shape index (κ1) is 24.8. The number of ether oxygens (including phenoxy) is 1. The van der Waals surface area contributed by atoms with Gasteiger partial charge in [-0.2, -0.15) is 0 Å². The average molecular weight is 478 g/mol. The molecule has 1 aliphatic heterocycles. The lowest BCUT2D eigenvalue weighted by atomic mass is 9.80. The van der Waals surface area contributed by atoms with Gasteiger partial charge in [0.05, 0.1) is 13.2 Å². The summed E-state index contributed by atoms with van der Waals surface area (Å²) in [5, 5.41) is 3.05. The van der Waals surface area contributed by atoms with E-state index in [-0.39, 0.29) is 24.4 Å². The zero-order valence-corrected chi connectivity index (χ0v) is 20.9. The highest BCUT2D eigenvalue weighted by atomic mass is 16.5. The topological polar surface area (TPSA) is 79.0 Å². The van der Waals surface area contributed by atoms with Gasteiger partial charge in [0.1, 0.15) is 17.8 Å². The molecule has 2 aromatic carbocycles. The van der Waals surface area contributed by atoms with Gasteiger partial charge in [0.2, 0.25) is 5.91 Å². The highest BCUT2D eigenvalue weighted by Gasteiger charge is 2.58. The molecular weight excluding hydrogens is 442 g/mol. The minimum absolute atomic E-state index is 0.229. The molecule has 7 nitrogen and oxygen atoms in total. The molecule has 1 spiro atoms. The van der Waals surface area contributed by atoms with E-state index in [0.29, 0.717) is 18.5 Å². The van der Waals surface area contributed by atoms with E-state index >= 15 is 0 Å². The number of benzene rings is 2. The van der Waals surface area contributed by atoms with Crippen LogP contribution in [0.5, 0.6) is 5.75 Å². The largest absolute Gasteiger partial charge is 0.497 e. The van der Waals surface area contributed by atoms with Crippen molar-refractivity contribution in [2.75, 3.05) is 18.6 Å². The van der Waals surface area contributed by atoms with E-state index in [2.05, 4.69) is 12.2 Å². The summed E-state index contributed by atoms with van der Waals surface area (Å²) in [6, 6.07) is 14.6. The van der Waals surface area contributed by atoms with Crippen molar-refractivity contribution in [2.24, 2.45) is 0 Å². The summed E-state index contributed by atoms with van der Waals surface area (Å²) < 4.78 is 5.33. The van der Waals surface area contributed by atoms with Crippen LogP contribution in [0.15, 0.2) is 48.5 Å². The molecule has 186 valence electrons. The number of nitrogens with zero attached hydrogens (tertiary/aromatic N) is 2. The van der Waals surface area contributed by atoms with Gasteiger partial charge in [-0.3, -0.25) is 19.4 Å². The number of hydrogen-bond acceptors (Lipinski definition) is 4. The predicted molar refractivity (Wildman–Crippen MR) is 135 cm³/mol. The predicted octanol–water partition coefficient (Wildman–Crippen LogP) is 5.13. The lowest BCUT2D eigenvalue weighted by molar-refractivity contribution is -0.135. The maximum atomic E-state index is 13.7. The first-order chi connectivity index (χ1) is 16.9. The third kappa shape index (κ3) is 4.90. The fraction of sp³-hybridized carbons (Fsp3) is 0.464. The Hall–Kier alpha value is -3.35. The van der Waals surface area contributed by atoms with E-state index < -0.39 is 11.6 Å². The fourth-order valence-corrected chi connectivity index (χ4v) is 5.36. The summed E-state index contributed by atoms with van der Waals surface area (Å²) in [7, 11) is 1.61. The molecule has 35 heavy (non-hydrogen) atoms. The van der Waals surface area contributed by atoms with Gasteiger partial charge >= 0.3 is 6.03 Å². The number of methoxy groups -OCH3 is 1. The van der Waals surface area contributed by atoms with Crippen LogP contribution in [-0.2, 0) is 9.59 Å². The van der Waals surface area contributed by atoms with Crippen LogP contribution in [0.3, 0.4) is 0 Å². The molecule has 4 rings (SSSR count). The molecule has 1 atom stereocenters. The van der Waals surface area contributed by atoms with Crippen LogP contribution in [0.1, 0.15) is 69.0 Å². The second kappa shape index (κ2) is 10.5. The summed E-state index contributed by atoms with van der Waals surface area (Å²) in [5.41, 5.74) is 1.82. The highest BCUT2D eigenvalue weighted by molar-refractivity contribution is 6.18. The molecule has 1 heterocycles. The molecular formula is C28H35N3O4. The van der Waals surface area contributed by atoms with E-state index in [0.717, 1.165) is 53.9 Å². The number of rotatable bonds is 8. The molecule has 1 N–H and O–H groups in total. The molecule has 1 saturated heterocycles. The van der Waals surface area contributed by atoms with Crippen molar-refractivity contribution in [3.8, 4) is 5.75 Å². The monoisotopic (exact) mass is 477 g/mol. The molecule has 2 aliphatic rings. The van der Waals surface area contributed by atoms with Crippen LogP contribution in [0, 0.1) is 6.92 Å². The number of nitrogens with one attached hydrogen (secondary N) is 1. The molecule has 1 unspecified atom stereocenters. The standard InChI is InChI=1S/C28H35N3O4/c1-4-9-24(21-10-8-11-23(18-21)35-3)29-25(32)19-30-26(33)28(16-6-5-7-17-28)31(27(30)34)22-14-12-20(2)13-15-22/h8,10-15,18,24H,4-7,9,16-17,19H2,1-3H3,(H,29,32). The number of carbonyl (C=O) groups is 3. The van der Waals surface area contributed by atoms with Crippen molar-refractivity contribution in [2.45, 2.75) is 70.4 Å². The van der Waals surface area contributed by atoms with Gasteiger partial charge in [-0.25, -0.2) is 4.79 Å². The van der Waals surface area contributed by atoms with Crippen molar-refractivity contribution >= 4 is 23.5 Å². The Balaban J connectivity index is 1.56. The lowest BCUT2D eigenvalue weighted by Crippen LogP contribution is -2.51. The number of urea groups is 1. The molecule has 0 bridgehead atoms. The van der Waals surface area contributed by atoms with Crippen LogP contribution < -0.4 is 15.0 Å². The quantitative estimate of drug-likeness (QED) is 0.535. The number of anilines is 1. The van der Waals surface area contributed by atoms with Crippen molar-refractivity contribution in [3.05, 3.63) is 59.7 Å². The molecule has 1 saturated carbocycles. The summed E-state index contributed by atoms with van der Waals surface area (Å²) >= 11 is 0. The molecule has 2 fully saturated rings. The van der Waals surface area contributed by atoms with Crippen molar-refractivity contribution in [3.63, 3.8) is 0 Å². The molecule has 4 amide bonds. The molecule has 2 aromatic rings. The van der Waals surface area contributed by atoms with Crippen LogP contribution in [-0.4, -0.2) is 41.9 Å². The van der Waals surface area contributed by atoms with Gasteiger partial charge in [-0.05, 0) is 56.0 Å². The Morgan fingerprint density at radius 3 is 2.46 bits per heavy atom. The minimum Gasteiger partial charge on any atom is -0.497 e. The maximum Gasteiger partial charge on any atom is 0.332 e. The second-order valence-electron chi connectivity index (χ2n) is 9.62. The Morgan fingerprint density at radius 2 is 1.80 bits per heavy atom. The van der Waals surface area contributed by atoms with E-state index in [4.69, 9.17) is 4.74 Å². The van der Waals surface area contributed by atoms with Gasteiger partial charge < -0.3 is 10.1 Å². The van der Waals surface area contributed by atoms with Gasteiger partial charge in [-0.15, -0.1) is 0 Å². The van der Waals surface area contributed by atoms with Gasteiger partial charge in [-0.1, -0.05) is 62.4 Å². The summed E-state index contributed by atoms with van der Waals surface area (Å²) in [6.07, 6.45) is 5.66. The van der Waals surface area contributed by atoms with Gasteiger partial charge in [0.25, 0.3) is 5.91 Å². The zero-order chi connectivity index (χ0) is 25.0. The van der Waals surface area contributed by atoms with Crippen LogP contribution in [0.4, 0.5) is 10.5 Å². The van der Waals surface area contributed by atoms with Crippen molar-refractivity contribution in [1.82, 2.24) is 10.2 Å². The fourth-order valence-electron chi connectivity index (χ4n) is 5.36. The smallest absolute Gasteiger partial charge is 0.332 e. The number of imide groups is 1. The minimum atomic E-state index is -0.902. The number of amides is 4. The Morgan fingerprint density at radius 1 is 1.09 bits per heavy atom. The first-order valence-corrected chi connectivity index (χ1v) is 12.6. The van der Waals surface area contributed by atoms with Gasteiger partial charge in [0.15, 0.2) is 0 Å². The van der Waals surface area contributed by atoms with Crippen LogP contribution >= 0.6 is 0 Å². The highest BCUT2D eigenvalue weighted by Crippen LogP contribution is 2.43. The Bertz CT molecular complexity index is 1080. The van der Waals surface area contributed by atoms with Crippen LogP contribution in [0.25, 0.3) is 0 Å². The maximum absolute atomic E-state index is 13.7. The number of hydrogen-bond donors (Lipinski definition) is 1. The van der Waals surface area contributed by atoms with E-state index in [1.54, 1.807) is 12.0 Å². The second-order valence-corrected chi connectivity index (χ2v) is 9.62. The SMILES string of the molecule is CCCC(NC(=O)CN1C(=O)N(c2ccc(C)cc2)C2(CCCCC2)C1=O)c1cccc(OC)c1. The normalized spacial score (nSPS) is 18.1. The van der Waals surface area contributed by atoms with E-state index in [1.165, 1.54) is 0 Å². The zero-order valence-electron chi connectivity index (χ0n) is 20.9. The number of carbonyl (C=O) groups excluding carboxylic acids is 3. The summed E-state index contributed by atoms with van der Waals surface area (Å²) in [5.74, 6) is 0.117. The van der Waals surface area contributed by atoms with Crippen LogP contribution in [0.2, 0.25) is 0 Å². The Kier molecular flexibility index (Phi) is 7.43. The van der Waals surface area contributed by atoms with Gasteiger partial charge in [0, 0.05) is 5.69 Å². The van der Waals surface area contributed by atoms with Crippen molar-refractivity contribution < 1.29 is 19.1 Å². The third-order valence-corrected chi connectivity index (χ3v) is 7.18. The third-order valence-electron chi connectivity index (χ3n) is 7.18. The average Bonchev–Trinajstić information content (AvgIpc) is 3.06. The number of aryl methyl sites for hydroxylation is 1. The molecule has 7 heteroatoms. The Labute approximate surface area is 207 Å². The lowest BCUT2D eigenvalue weighted by Gasteiger charge is -2.38. The van der Waals surface area contributed by atoms with Crippen molar-refractivity contribution in [1.29, 1.82) is 0 Å². The summed E-state index contributed by atoms with van der Waals surface area (Å²) in [6.45, 7) is 3.76. The first-order valence-electron chi connectivity index (χ1n) is 12.6. The summed E-state index contributed by atoms with van der Waals surface area (Å²) in [4.78, 5) is 43.3. The molecule has 1 aliphatic carbocycles. The molecule has 0 aromatic heterocycles. The van der Waals surface area contributed by atoms with E-state index in [1.807, 2.05) is 55.5 Å². The molecule has 0 radical (unpaired) electrons.